The Balaban J connectivity index is 0.965. The minimum Gasteiger partial charge on any atom is -0.790 e. The van der Waals surface area contributed by atoms with Gasteiger partial charge in [0.15, 0.2) is 17.7 Å². The molecule has 0 spiro atoms. The number of nitrogens with two attached hydrogens (primary N) is 1. The summed E-state index contributed by atoms with van der Waals surface area (Å²) in [5, 5.41) is 35.7. The van der Waals surface area contributed by atoms with Crippen molar-refractivity contribution in [2.45, 2.75) is 148 Å². The molecule has 2 amide bonds. The van der Waals surface area contributed by atoms with Crippen molar-refractivity contribution in [2.75, 3.05) is 32.0 Å². The van der Waals surface area contributed by atoms with Gasteiger partial charge in [-0.15, -0.1) is 0 Å². The molecule has 7 unspecified atom stereocenters. The monoisotopic (exact) mass is 1100 g/mol. The summed E-state index contributed by atoms with van der Waals surface area (Å²) in [4.78, 5) is 109. The number of nitrogen functional groups attached to an aromatic ring is 1. The number of phosphoric acid groups is 3. The highest BCUT2D eigenvalue weighted by atomic mass is 31.3. The van der Waals surface area contributed by atoms with Gasteiger partial charge in [-0.3, -0.25) is 32.9 Å². The van der Waals surface area contributed by atoms with Crippen LogP contribution in [0.15, 0.2) is 36.9 Å². The summed E-state index contributed by atoms with van der Waals surface area (Å²) in [6, 6.07) is 8.41. The van der Waals surface area contributed by atoms with Crippen molar-refractivity contribution in [3.8, 4) is 0 Å². The van der Waals surface area contributed by atoms with Gasteiger partial charge in [0.05, 0.1) is 33.8 Å². The number of aliphatic carboxylic acids is 1. The van der Waals surface area contributed by atoms with Crippen LogP contribution in [-0.2, 0) is 68.3 Å². The predicted molar refractivity (Wildman–Crippen MR) is 254 cm³/mol. The molecule has 2 aliphatic rings. The Labute approximate surface area is 428 Å². The van der Waals surface area contributed by atoms with Gasteiger partial charge >= 0.3 is 5.97 Å². The molecule has 1 aromatic carbocycles. The van der Waals surface area contributed by atoms with Gasteiger partial charge in [-0.2, -0.15) is 0 Å². The zero-order chi connectivity index (χ0) is 54.7. The van der Waals surface area contributed by atoms with Crippen molar-refractivity contribution in [1.29, 1.82) is 0 Å². The fourth-order valence-electron chi connectivity index (χ4n) is 8.73. The van der Waals surface area contributed by atoms with E-state index in [1.807, 2.05) is 26.0 Å². The number of fused-ring (bicyclic) bond motifs is 1. The van der Waals surface area contributed by atoms with Crippen molar-refractivity contribution in [2.24, 2.45) is 16.2 Å². The Kier molecular flexibility index (Phi) is 21.2. The number of imidazole rings is 1. The lowest BCUT2D eigenvalue weighted by molar-refractivity contribution is -0.347. The Hall–Kier alpha value is -4.10. The summed E-state index contributed by atoms with van der Waals surface area (Å²) in [7, 11) is -17.7. The number of Topliss-reactive ketones (excluding diaryl/α,β-unsaturated/α-hetero) is 1. The van der Waals surface area contributed by atoms with Crippen molar-refractivity contribution in [3.63, 3.8) is 0 Å². The topological polar surface area (TPSA) is 412 Å². The number of anilines is 1. The molecule has 2 aromatic heterocycles. The Morgan fingerprint density at radius 3 is 2.19 bits per heavy atom. The number of carbonyl (C=O) groups excluding carboxylic acids is 3. The van der Waals surface area contributed by atoms with E-state index in [0.717, 1.165) is 81.4 Å². The molecule has 7 N–H and O–H groups in total. The SMILES string of the molecule is CC(C)(CCCCc1ccccc1CCCCC1(CC(=O)CCNC(=O)CCNC(=O)C(O)C(C)(C)COP(=O)([O-])OP(=O)([O-])OCC2OC(n3cnc4c(N)ncnc43)C(O)C2OP(=O)([O-])[O-])CC1)CC(=O)O. The van der Waals surface area contributed by atoms with Crippen LogP contribution in [0, 0.1) is 16.2 Å². The first kappa shape index (κ1) is 60.8. The number of phosphoric ester groups is 3. The first-order valence-corrected chi connectivity index (χ1v) is 28.5. The molecule has 1 saturated heterocycles. The number of hydrogen-bond acceptors (Lipinski definition) is 22. The smallest absolute Gasteiger partial charge is 0.303 e. The van der Waals surface area contributed by atoms with Crippen molar-refractivity contribution in [3.05, 3.63) is 48.0 Å². The molecule has 29 heteroatoms. The quantitative estimate of drug-likeness (QED) is 0.0373. The molecule has 7 atom stereocenters. The summed E-state index contributed by atoms with van der Waals surface area (Å²) in [5.41, 5.74) is 6.45. The summed E-state index contributed by atoms with van der Waals surface area (Å²) in [5.74, 6) is -2.32. The highest BCUT2D eigenvalue weighted by Gasteiger charge is 2.48. The summed E-state index contributed by atoms with van der Waals surface area (Å²) < 4.78 is 61.0. The van der Waals surface area contributed by atoms with E-state index in [-0.39, 0.29) is 65.9 Å². The number of carboxylic acid groups (broad SMARTS) is 1. The standard InChI is InChI=1S/C45H70N7O19P3/c1-43(2,24-34(55)56)17-9-7-13-29-11-5-6-12-30(29)14-8-10-18-45(19-20-45)23-31(53)15-21-47-33(54)16-22-48-41(59)38(58)44(3,4)26-68-74(65,66)71-73(63,64)67-25-32-37(70-72(60,61)62)36(57)42(69-32)52-28-51-35-39(46)49-27-50-40(35)52/h5-6,11-12,27-28,32,36-38,42,57-58H,7-10,13-26H2,1-4H3,(H,47,54)(H,48,59)(H,55,56)(H,63,64)(H,65,66)(H2,46,49,50)(H2,60,61,62)/p-4. The largest absolute Gasteiger partial charge is 0.790 e. The molecule has 74 heavy (non-hydrogen) atoms. The second-order valence-electron chi connectivity index (χ2n) is 20.4. The number of benzene rings is 1. The molecule has 3 heterocycles. The molecule has 414 valence electrons. The van der Waals surface area contributed by atoms with Crippen LogP contribution in [0.1, 0.15) is 122 Å². The maximum Gasteiger partial charge on any atom is 0.303 e. The second-order valence-corrected chi connectivity index (χ2v) is 24.4. The number of aliphatic hydroxyl groups excluding tert-OH is 2. The average Bonchev–Trinajstić information content (AvgIpc) is 3.80. The number of carboxylic acids is 1. The van der Waals surface area contributed by atoms with E-state index in [1.54, 1.807) is 0 Å². The molecule has 1 aliphatic heterocycles. The number of carbonyl (C=O) groups is 4. The van der Waals surface area contributed by atoms with E-state index in [1.165, 1.54) is 25.0 Å². The van der Waals surface area contributed by atoms with Crippen molar-refractivity contribution >= 4 is 64.0 Å². The molecule has 26 nitrogen and oxygen atoms in total. The third kappa shape index (κ3) is 18.9. The molecule has 5 rings (SSSR count). The number of ketones is 1. The van der Waals surface area contributed by atoms with Crippen LogP contribution in [0.4, 0.5) is 5.82 Å². The number of aliphatic hydroxyl groups is 2. The molecular formula is C45H66N7O19P3-4. The molecule has 1 saturated carbocycles. The Bertz CT molecular complexity index is 2570. The number of hydrogen-bond donors (Lipinski definition) is 6. The predicted octanol–water partition coefficient (Wildman–Crippen LogP) is 1.63. The lowest BCUT2D eigenvalue weighted by Crippen LogP contribution is -2.46. The summed E-state index contributed by atoms with van der Waals surface area (Å²) in [6.07, 6.45) is 2.60. The molecular weight excluding hydrogens is 1040 g/mol. The van der Waals surface area contributed by atoms with Crippen LogP contribution in [0.5, 0.6) is 0 Å². The highest BCUT2D eigenvalue weighted by Crippen LogP contribution is 2.57. The van der Waals surface area contributed by atoms with Gasteiger partial charge < -0.3 is 74.1 Å². The van der Waals surface area contributed by atoms with Gasteiger partial charge in [0.1, 0.15) is 42.0 Å². The molecule has 0 bridgehead atoms. The second kappa shape index (κ2) is 25.8. The number of aromatic nitrogens is 4. The first-order valence-electron chi connectivity index (χ1n) is 24.1. The Morgan fingerprint density at radius 1 is 0.919 bits per heavy atom. The fourth-order valence-corrected chi connectivity index (χ4v) is 11.5. The summed E-state index contributed by atoms with van der Waals surface area (Å²) in [6.45, 7) is 3.94. The van der Waals surface area contributed by atoms with E-state index in [9.17, 15) is 62.7 Å². The number of rotatable bonds is 33. The molecule has 1 aliphatic carbocycles. The number of ether oxygens (including phenoxy) is 1. The van der Waals surface area contributed by atoms with Crippen LogP contribution in [0.2, 0.25) is 0 Å². The molecule has 2 fully saturated rings. The van der Waals surface area contributed by atoms with E-state index in [4.69, 9.17) is 15.6 Å². The first-order chi connectivity index (χ1) is 34.5. The highest BCUT2D eigenvalue weighted by molar-refractivity contribution is 7.59. The van der Waals surface area contributed by atoms with Gasteiger partial charge in [-0.05, 0) is 73.3 Å². The lowest BCUT2D eigenvalue weighted by atomic mass is 9.83. The fraction of sp³-hybridized carbons (Fsp3) is 0.667. The number of nitrogens with zero attached hydrogens (tertiary/aromatic N) is 4. The van der Waals surface area contributed by atoms with E-state index in [2.05, 4.69) is 55.6 Å². The van der Waals surface area contributed by atoms with Gasteiger partial charge in [-0.25, -0.2) is 19.3 Å². The number of amides is 2. The number of aryl methyl sites for hydroxylation is 2. The van der Waals surface area contributed by atoms with Crippen LogP contribution in [0.25, 0.3) is 11.2 Å². The zero-order valence-corrected chi connectivity index (χ0v) is 44.3. The van der Waals surface area contributed by atoms with E-state index < -0.39 is 90.5 Å². The van der Waals surface area contributed by atoms with Gasteiger partial charge in [-0.1, -0.05) is 64.8 Å². The number of nitrogens with one attached hydrogen (secondary N) is 2. The third-order valence-corrected chi connectivity index (χ3v) is 16.0. The van der Waals surface area contributed by atoms with Gasteiger partial charge in [0, 0.05) is 37.8 Å². The van der Waals surface area contributed by atoms with Gasteiger partial charge in [0.25, 0.3) is 15.6 Å². The Morgan fingerprint density at radius 2 is 1.55 bits per heavy atom. The van der Waals surface area contributed by atoms with E-state index >= 15 is 0 Å². The van der Waals surface area contributed by atoms with Crippen LogP contribution in [0.3, 0.4) is 0 Å². The maximum absolute atomic E-state index is 12.9. The number of unbranched alkanes of at least 4 members (excludes halogenated alkanes) is 2. The van der Waals surface area contributed by atoms with Gasteiger partial charge in [0.2, 0.25) is 11.8 Å². The van der Waals surface area contributed by atoms with Crippen molar-refractivity contribution in [1.82, 2.24) is 30.2 Å². The molecule has 0 radical (unpaired) electrons. The maximum atomic E-state index is 12.9. The van der Waals surface area contributed by atoms with Crippen molar-refractivity contribution < 1.29 is 90.4 Å². The lowest BCUT2D eigenvalue weighted by Gasteiger charge is -2.36. The summed E-state index contributed by atoms with van der Waals surface area (Å²) >= 11 is 0. The molecule has 3 aromatic rings. The minimum atomic E-state index is -5.94. The third-order valence-electron chi connectivity index (χ3n) is 13.0. The van der Waals surface area contributed by atoms with Crippen LogP contribution in [-0.4, -0.2) is 109 Å². The normalized spacial score (nSPS) is 20.9. The van der Waals surface area contributed by atoms with Crippen LogP contribution < -0.4 is 35.9 Å². The average molecular weight is 1100 g/mol. The van der Waals surface area contributed by atoms with Crippen LogP contribution >= 0.6 is 23.5 Å². The minimum absolute atomic E-state index is 0.0112. The zero-order valence-electron chi connectivity index (χ0n) is 41.7. The van der Waals surface area contributed by atoms with E-state index in [0.29, 0.717) is 6.42 Å².